The van der Waals surface area contributed by atoms with Crippen LogP contribution in [0.25, 0.3) is 10.9 Å². The van der Waals surface area contributed by atoms with Gasteiger partial charge < -0.3 is 34.8 Å². The Morgan fingerprint density at radius 3 is 2.48 bits per heavy atom. The topological polar surface area (TPSA) is 115 Å². The van der Waals surface area contributed by atoms with Crippen LogP contribution in [0.5, 0.6) is 5.75 Å². The monoisotopic (exact) mass is 295 g/mol. The molecule has 0 spiro atoms. The minimum absolute atomic E-state index is 0.0163. The summed E-state index contributed by atoms with van der Waals surface area (Å²) in [5.41, 5.74) is 0.610. The molecule has 7 nitrogen and oxygen atoms in total. The van der Waals surface area contributed by atoms with Crippen molar-refractivity contribution in [3.63, 3.8) is 0 Å². The molecule has 0 aliphatic carbocycles. The van der Waals surface area contributed by atoms with Gasteiger partial charge in [-0.3, -0.25) is 0 Å². The van der Waals surface area contributed by atoms with Crippen molar-refractivity contribution in [1.29, 1.82) is 0 Å². The van der Waals surface area contributed by atoms with Crippen LogP contribution < -0.4 is 0 Å². The van der Waals surface area contributed by atoms with Crippen molar-refractivity contribution in [2.24, 2.45) is 0 Å². The highest BCUT2D eigenvalue weighted by atomic mass is 16.6. The van der Waals surface area contributed by atoms with Gasteiger partial charge in [0.15, 0.2) is 6.23 Å². The third-order valence-electron chi connectivity index (χ3n) is 3.86. The number of hydrogen-bond acceptors (Lipinski definition) is 6. The van der Waals surface area contributed by atoms with Crippen LogP contribution in [0.2, 0.25) is 0 Å². The molecule has 0 unspecified atom stereocenters. The number of aliphatic hydroxyl groups is 4. The Bertz CT molecular complexity index is 639. The molecule has 1 aromatic carbocycles. The summed E-state index contributed by atoms with van der Waals surface area (Å²) in [4.78, 5) is 0. The number of aromatic hydroxyl groups is 1. The maximum atomic E-state index is 10.1. The molecule has 1 saturated heterocycles. The van der Waals surface area contributed by atoms with Gasteiger partial charge in [0.2, 0.25) is 0 Å². The Morgan fingerprint density at radius 2 is 1.76 bits per heavy atom. The Kier molecular flexibility index (Phi) is 3.60. The van der Waals surface area contributed by atoms with Crippen molar-refractivity contribution in [2.45, 2.75) is 30.6 Å². The summed E-state index contributed by atoms with van der Waals surface area (Å²) < 4.78 is 6.96. The largest absolute Gasteiger partial charge is 0.506 e. The molecule has 1 aliphatic rings. The average molecular weight is 295 g/mol. The zero-order valence-electron chi connectivity index (χ0n) is 11.1. The molecule has 2 heterocycles. The molecule has 0 bridgehead atoms. The van der Waals surface area contributed by atoms with Crippen LogP contribution in [0.1, 0.15) is 6.23 Å². The maximum absolute atomic E-state index is 10.1. The van der Waals surface area contributed by atoms with Gasteiger partial charge in [-0.1, -0.05) is 12.1 Å². The molecular formula is C14H17NO6. The second kappa shape index (κ2) is 5.28. The summed E-state index contributed by atoms with van der Waals surface area (Å²) in [6, 6.07) is 6.98. The van der Waals surface area contributed by atoms with E-state index in [1.54, 1.807) is 24.3 Å². The van der Waals surface area contributed by atoms with Crippen LogP contribution in [0, 0.1) is 0 Å². The molecule has 7 heteroatoms. The van der Waals surface area contributed by atoms with Crippen LogP contribution in [0.3, 0.4) is 0 Å². The first kappa shape index (κ1) is 14.3. The zero-order chi connectivity index (χ0) is 15.1. The average Bonchev–Trinajstić information content (AvgIpc) is 2.83. The summed E-state index contributed by atoms with van der Waals surface area (Å²) in [5, 5.41) is 49.5. The summed E-state index contributed by atoms with van der Waals surface area (Å²) in [6.45, 7) is -0.493. The highest BCUT2D eigenvalue weighted by molar-refractivity contribution is 5.86. The van der Waals surface area contributed by atoms with Gasteiger partial charge in [0.05, 0.1) is 12.1 Å². The minimum Gasteiger partial charge on any atom is -0.506 e. The summed E-state index contributed by atoms with van der Waals surface area (Å²) >= 11 is 0. The smallest absolute Gasteiger partial charge is 0.163 e. The number of aromatic nitrogens is 1. The van der Waals surface area contributed by atoms with Crippen molar-refractivity contribution in [2.75, 3.05) is 6.61 Å². The van der Waals surface area contributed by atoms with Crippen LogP contribution in [0.15, 0.2) is 30.5 Å². The number of ether oxygens (including phenoxy) is 1. The summed E-state index contributed by atoms with van der Waals surface area (Å²) in [7, 11) is 0. The molecule has 1 aliphatic heterocycles. The SMILES string of the molecule is OC[C@H]1O[C@@H](n2cc(O)c3ccccc32)[C@H](O)[C@@H](O)[C@H]1O. The van der Waals surface area contributed by atoms with E-state index in [2.05, 4.69) is 0 Å². The molecule has 2 aromatic rings. The molecule has 114 valence electrons. The molecule has 21 heavy (non-hydrogen) atoms. The highest BCUT2D eigenvalue weighted by Gasteiger charge is 2.44. The molecule has 0 amide bonds. The Morgan fingerprint density at radius 1 is 1.05 bits per heavy atom. The fourth-order valence-electron chi connectivity index (χ4n) is 2.71. The van der Waals surface area contributed by atoms with Gasteiger partial charge in [-0.25, -0.2) is 0 Å². The van der Waals surface area contributed by atoms with Gasteiger partial charge in [-0.05, 0) is 12.1 Å². The second-order valence-electron chi connectivity index (χ2n) is 5.16. The Hall–Kier alpha value is -1.64. The lowest BCUT2D eigenvalue weighted by Crippen LogP contribution is -2.56. The van der Waals surface area contributed by atoms with Crippen LogP contribution >= 0.6 is 0 Å². The van der Waals surface area contributed by atoms with E-state index in [-0.39, 0.29) is 5.75 Å². The van der Waals surface area contributed by atoms with Crippen LogP contribution in [-0.2, 0) is 4.74 Å². The number of rotatable bonds is 2. The van der Waals surface area contributed by atoms with Crippen molar-refractivity contribution >= 4 is 10.9 Å². The van der Waals surface area contributed by atoms with Gasteiger partial charge in [0.25, 0.3) is 0 Å². The fourth-order valence-corrected chi connectivity index (χ4v) is 2.71. The van der Waals surface area contributed by atoms with Gasteiger partial charge >= 0.3 is 0 Å². The normalized spacial score (nSPS) is 33.4. The lowest BCUT2D eigenvalue weighted by Gasteiger charge is -2.40. The predicted molar refractivity (Wildman–Crippen MR) is 72.6 cm³/mol. The quantitative estimate of drug-likeness (QED) is 0.501. The predicted octanol–water partition coefficient (Wildman–Crippen LogP) is -0.681. The molecule has 5 atom stereocenters. The Labute approximate surface area is 120 Å². The van der Waals surface area contributed by atoms with Crippen molar-refractivity contribution in [3.05, 3.63) is 30.5 Å². The molecule has 1 aromatic heterocycles. The van der Waals surface area contributed by atoms with E-state index in [0.29, 0.717) is 10.9 Å². The molecule has 1 fully saturated rings. The van der Waals surface area contributed by atoms with Gasteiger partial charge in [-0.15, -0.1) is 0 Å². The fraction of sp³-hybridized carbons (Fsp3) is 0.429. The first-order valence-corrected chi connectivity index (χ1v) is 6.63. The standard InChI is InChI=1S/C14H17NO6/c16-6-10-11(18)12(19)13(20)14(21-10)15-5-9(17)7-3-1-2-4-8(7)15/h1-5,10-14,16-20H,6H2/t10-,11+,12+,13-,14-/m1/s1. The van der Waals surface area contributed by atoms with E-state index >= 15 is 0 Å². The highest BCUT2D eigenvalue weighted by Crippen LogP contribution is 2.35. The number of aliphatic hydroxyl groups excluding tert-OH is 4. The van der Waals surface area contributed by atoms with Gasteiger partial charge in [0.1, 0.15) is 30.2 Å². The molecule has 0 radical (unpaired) electrons. The van der Waals surface area contributed by atoms with E-state index < -0.39 is 37.3 Å². The van der Waals surface area contributed by atoms with Crippen LogP contribution in [-0.4, -0.2) is 61.1 Å². The second-order valence-corrected chi connectivity index (χ2v) is 5.16. The van der Waals surface area contributed by atoms with Crippen molar-refractivity contribution in [3.8, 4) is 5.75 Å². The minimum atomic E-state index is -1.45. The van der Waals surface area contributed by atoms with Crippen molar-refractivity contribution < 1.29 is 30.3 Å². The number of hydrogen-bond donors (Lipinski definition) is 5. The third kappa shape index (κ3) is 2.19. The molecule has 3 rings (SSSR count). The summed E-state index contributed by atoms with van der Waals surface area (Å²) in [6.07, 6.45) is -4.88. The summed E-state index contributed by atoms with van der Waals surface area (Å²) in [5.74, 6) is 0.0163. The van der Waals surface area contributed by atoms with E-state index in [1.807, 2.05) is 0 Å². The van der Waals surface area contributed by atoms with E-state index in [9.17, 15) is 25.5 Å². The van der Waals surface area contributed by atoms with Gasteiger partial charge in [-0.2, -0.15) is 0 Å². The van der Waals surface area contributed by atoms with E-state index in [0.717, 1.165) is 0 Å². The van der Waals surface area contributed by atoms with Gasteiger partial charge in [0, 0.05) is 11.6 Å². The molecule has 5 N–H and O–H groups in total. The number of para-hydroxylation sites is 1. The van der Waals surface area contributed by atoms with E-state index in [1.165, 1.54) is 10.8 Å². The van der Waals surface area contributed by atoms with Crippen molar-refractivity contribution in [1.82, 2.24) is 4.57 Å². The van der Waals surface area contributed by atoms with E-state index in [4.69, 9.17) is 4.74 Å². The number of benzene rings is 1. The number of fused-ring (bicyclic) bond motifs is 1. The Balaban J connectivity index is 2.05. The maximum Gasteiger partial charge on any atom is 0.163 e. The number of nitrogens with zero attached hydrogens (tertiary/aromatic N) is 1. The molecular weight excluding hydrogens is 278 g/mol. The lowest BCUT2D eigenvalue weighted by molar-refractivity contribution is -0.250. The van der Waals surface area contributed by atoms with Crippen LogP contribution in [0.4, 0.5) is 0 Å². The first-order valence-electron chi connectivity index (χ1n) is 6.63. The first-order chi connectivity index (χ1) is 10.0. The molecule has 0 saturated carbocycles. The lowest BCUT2D eigenvalue weighted by atomic mass is 9.98. The third-order valence-corrected chi connectivity index (χ3v) is 3.86. The zero-order valence-corrected chi connectivity index (χ0v) is 11.1.